The molecule has 2 aromatic rings. The van der Waals surface area contributed by atoms with Crippen LogP contribution in [-0.4, -0.2) is 49.6 Å². The van der Waals surface area contributed by atoms with Gasteiger partial charge in [-0.05, 0) is 44.1 Å². The standard InChI is InChI=1S/C21H29N3/c1-23-16-17-24(15-9-8-14-22)21(18-23,19-10-4-2-5-11-19)20-12-6-3-7-13-20/h2-7,10-13H,8-9,14-18,22H2,1H3. The Labute approximate surface area is 146 Å². The Balaban J connectivity index is 2.06. The van der Waals surface area contributed by atoms with E-state index in [-0.39, 0.29) is 5.54 Å². The lowest BCUT2D eigenvalue weighted by atomic mass is 9.79. The molecule has 1 aliphatic rings. The molecule has 0 unspecified atom stereocenters. The van der Waals surface area contributed by atoms with Crippen LogP contribution < -0.4 is 5.73 Å². The molecule has 2 aromatic carbocycles. The van der Waals surface area contributed by atoms with E-state index in [0.717, 1.165) is 45.6 Å². The van der Waals surface area contributed by atoms with E-state index in [1.165, 1.54) is 11.1 Å². The van der Waals surface area contributed by atoms with E-state index in [0.29, 0.717) is 0 Å². The Bertz CT molecular complexity index is 572. The van der Waals surface area contributed by atoms with Gasteiger partial charge in [0.05, 0.1) is 5.54 Å². The third-order valence-electron chi connectivity index (χ3n) is 5.18. The zero-order chi connectivity index (χ0) is 16.8. The second kappa shape index (κ2) is 7.93. The molecule has 24 heavy (non-hydrogen) atoms. The van der Waals surface area contributed by atoms with Crippen LogP contribution >= 0.6 is 0 Å². The van der Waals surface area contributed by atoms with E-state index in [2.05, 4.69) is 77.5 Å². The molecule has 0 bridgehead atoms. The average molecular weight is 323 g/mol. The minimum absolute atomic E-state index is 0.0792. The normalized spacial score (nSPS) is 18.6. The maximum absolute atomic E-state index is 5.73. The topological polar surface area (TPSA) is 32.5 Å². The van der Waals surface area contributed by atoms with Crippen LogP contribution in [0.25, 0.3) is 0 Å². The Hall–Kier alpha value is -1.68. The molecule has 128 valence electrons. The maximum atomic E-state index is 5.73. The Morgan fingerprint density at radius 2 is 1.46 bits per heavy atom. The molecule has 2 N–H and O–H groups in total. The molecule has 0 amide bonds. The zero-order valence-corrected chi connectivity index (χ0v) is 14.7. The maximum Gasteiger partial charge on any atom is 0.0845 e. The van der Waals surface area contributed by atoms with Crippen LogP contribution in [0.5, 0.6) is 0 Å². The molecule has 0 atom stereocenters. The Morgan fingerprint density at radius 1 is 0.875 bits per heavy atom. The lowest BCUT2D eigenvalue weighted by Crippen LogP contribution is -2.60. The van der Waals surface area contributed by atoms with E-state index in [4.69, 9.17) is 5.73 Å². The minimum atomic E-state index is -0.0792. The van der Waals surface area contributed by atoms with Gasteiger partial charge in [0.25, 0.3) is 0 Å². The fourth-order valence-corrected chi connectivity index (χ4v) is 3.94. The predicted octanol–water partition coefficient (Wildman–Crippen LogP) is 2.92. The first-order chi connectivity index (χ1) is 11.8. The van der Waals surface area contributed by atoms with Crippen LogP contribution in [0.3, 0.4) is 0 Å². The van der Waals surface area contributed by atoms with Gasteiger partial charge in [-0.3, -0.25) is 4.90 Å². The molecular weight excluding hydrogens is 294 g/mol. The van der Waals surface area contributed by atoms with Crippen molar-refractivity contribution < 1.29 is 0 Å². The second-order valence-electron chi connectivity index (χ2n) is 6.81. The molecule has 0 radical (unpaired) electrons. The monoisotopic (exact) mass is 323 g/mol. The molecule has 1 aliphatic heterocycles. The third kappa shape index (κ3) is 3.39. The average Bonchev–Trinajstić information content (AvgIpc) is 2.64. The Kier molecular flexibility index (Phi) is 5.67. The molecule has 3 nitrogen and oxygen atoms in total. The first kappa shape index (κ1) is 17.2. The van der Waals surface area contributed by atoms with Crippen molar-refractivity contribution in [3.8, 4) is 0 Å². The van der Waals surface area contributed by atoms with Crippen LogP contribution in [0.4, 0.5) is 0 Å². The number of rotatable bonds is 6. The van der Waals surface area contributed by atoms with Crippen molar-refractivity contribution in [2.75, 3.05) is 39.8 Å². The summed E-state index contributed by atoms with van der Waals surface area (Å²) in [5, 5.41) is 0. The smallest absolute Gasteiger partial charge is 0.0845 e. The van der Waals surface area contributed by atoms with Crippen LogP contribution in [0.2, 0.25) is 0 Å². The summed E-state index contributed by atoms with van der Waals surface area (Å²) in [5.41, 5.74) is 8.42. The SMILES string of the molecule is CN1CCN(CCCCN)C(c2ccccc2)(c2ccccc2)C1. The van der Waals surface area contributed by atoms with Gasteiger partial charge in [0, 0.05) is 19.6 Å². The highest BCUT2D eigenvalue weighted by molar-refractivity contribution is 5.40. The van der Waals surface area contributed by atoms with Crippen molar-refractivity contribution in [2.24, 2.45) is 5.73 Å². The van der Waals surface area contributed by atoms with E-state index in [1.54, 1.807) is 0 Å². The summed E-state index contributed by atoms with van der Waals surface area (Å²) in [6.45, 7) is 5.09. The van der Waals surface area contributed by atoms with Crippen molar-refractivity contribution in [1.82, 2.24) is 9.80 Å². The van der Waals surface area contributed by atoms with Gasteiger partial charge in [-0.2, -0.15) is 0 Å². The number of hydrogen-bond donors (Lipinski definition) is 1. The van der Waals surface area contributed by atoms with Crippen molar-refractivity contribution in [3.05, 3.63) is 71.8 Å². The lowest BCUT2D eigenvalue weighted by molar-refractivity contribution is 0.0302. The van der Waals surface area contributed by atoms with Gasteiger partial charge in [0.15, 0.2) is 0 Å². The zero-order valence-electron chi connectivity index (χ0n) is 14.7. The first-order valence-electron chi connectivity index (χ1n) is 9.02. The van der Waals surface area contributed by atoms with Crippen molar-refractivity contribution in [3.63, 3.8) is 0 Å². The van der Waals surface area contributed by atoms with Gasteiger partial charge >= 0.3 is 0 Å². The van der Waals surface area contributed by atoms with E-state index in [9.17, 15) is 0 Å². The fraction of sp³-hybridized carbons (Fsp3) is 0.429. The van der Waals surface area contributed by atoms with Crippen molar-refractivity contribution in [2.45, 2.75) is 18.4 Å². The molecule has 3 rings (SSSR count). The summed E-state index contributed by atoms with van der Waals surface area (Å²) in [6.07, 6.45) is 2.24. The van der Waals surface area contributed by atoms with Gasteiger partial charge in [0.2, 0.25) is 0 Å². The van der Waals surface area contributed by atoms with Gasteiger partial charge < -0.3 is 10.6 Å². The number of nitrogens with two attached hydrogens (primary N) is 1. The summed E-state index contributed by atoms with van der Waals surface area (Å²) in [4.78, 5) is 5.13. The summed E-state index contributed by atoms with van der Waals surface area (Å²) in [7, 11) is 2.23. The largest absolute Gasteiger partial charge is 0.330 e. The minimum Gasteiger partial charge on any atom is -0.330 e. The summed E-state index contributed by atoms with van der Waals surface area (Å²) in [5.74, 6) is 0. The predicted molar refractivity (Wildman–Crippen MR) is 101 cm³/mol. The van der Waals surface area contributed by atoms with Gasteiger partial charge in [-0.1, -0.05) is 60.7 Å². The van der Waals surface area contributed by atoms with Gasteiger partial charge in [-0.25, -0.2) is 0 Å². The quantitative estimate of drug-likeness (QED) is 0.830. The van der Waals surface area contributed by atoms with E-state index < -0.39 is 0 Å². The highest BCUT2D eigenvalue weighted by atomic mass is 15.3. The van der Waals surface area contributed by atoms with Crippen LogP contribution in [0.15, 0.2) is 60.7 Å². The van der Waals surface area contributed by atoms with Crippen LogP contribution in [0.1, 0.15) is 24.0 Å². The second-order valence-corrected chi connectivity index (χ2v) is 6.81. The number of likely N-dealkylation sites (N-methyl/N-ethyl adjacent to an activating group) is 1. The molecule has 1 fully saturated rings. The van der Waals surface area contributed by atoms with Crippen LogP contribution in [0, 0.1) is 0 Å². The van der Waals surface area contributed by atoms with Crippen LogP contribution in [-0.2, 0) is 5.54 Å². The fourth-order valence-electron chi connectivity index (χ4n) is 3.94. The number of hydrogen-bond acceptors (Lipinski definition) is 3. The highest BCUT2D eigenvalue weighted by Crippen LogP contribution is 2.38. The van der Waals surface area contributed by atoms with E-state index in [1.807, 2.05) is 0 Å². The number of unbranched alkanes of at least 4 members (excludes halogenated alkanes) is 1. The molecule has 0 aromatic heterocycles. The lowest BCUT2D eigenvalue weighted by Gasteiger charge is -2.51. The number of nitrogens with zero attached hydrogens (tertiary/aromatic N) is 2. The van der Waals surface area contributed by atoms with E-state index >= 15 is 0 Å². The molecule has 0 spiro atoms. The van der Waals surface area contributed by atoms with Gasteiger partial charge in [-0.15, -0.1) is 0 Å². The molecule has 1 saturated heterocycles. The van der Waals surface area contributed by atoms with Crippen molar-refractivity contribution >= 4 is 0 Å². The number of benzene rings is 2. The summed E-state index contributed by atoms with van der Waals surface area (Å²) >= 11 is 0. The highest BCUT2D eigenvalue weighted by Gasteiger charge is 2.43. The molecular formula is C21H29N3. The summed E-state index contributed by atoms with van der Waals surface area (Å²) in [6, 6.07) is 22.0. The summed E-state index contributed by atoms with van der Waals surface area (Å²) < 4.78 is 0. The Morgan fingerprint density at radius 3 is 2.00 bits per heavy atom. The molecule has 3 heteroatoms. The van der Waals surface area contributed by atoms with Crippen molar-refractivity contribution in [1.29, 1.82) is 0 Å². The third-order valence-corrected chi connectivity index (χ3v) is 5.18. The first-order valence-corrected chi connectivity index (χ1v) is 9.02. The van der Waals surface area contributed by atoms with Gasteiger partial charge in [0.1, 0.15) is 0 Å². The number of piperazine rings is 1. The molecule has 0 saturated carbocycles. The molecule has 1 heterocycles. The molecule has 0 aliphatic carbocycles.